The lowest BCUT2D eigenvalue weighted by molar-refractivity contribution is -0.0545. The molecule has 36 heavy (non-hydrogen) atoms. The van der Waals surface area contributed by atoms with Gasteiger partial charge in [-0.15, -0.1) is 11.3 Å². The Hall–Kier alpha value is -2.18. The first-order chi connectivity index (χ1) is 17.4. The maximum absolute atomic E-state index is 13.4. The molecule has 4 nitrogen and oxygen atoms in total. The number of aryl methyl sites for hydroxylation is 1. The molecule has 2 aromatic carbocycles. The zero-order valence-corrected chi connectivity index (χ0v) is 22.8. The van der Waals surface area contributed by atoms with Crippen LogP contribution in [0.4, 0.5) is 0 Å². The number of aliphatic hydroxyl groups is 1. The molecular formula is C30H36ClN2O2S. The van der Waals surface area contributed by atoms with Crippen LogP contribution in [0.15, 0.2) is 54.6 Å². The normalized spacial score (nSPS) is 17.7. The van der Waals surface area contributed by atoms with E-state index in [4.69, 9.17) is 11.6 Å². The average molecular weight is 524 g/mol. The first-order valence-corrected chi connectivity index (χ1v) is 14.0. The van der Waals surface area contributed by atoms with Crippen LogP contribution in [-0.4, -0.2) is 36.1 Å². The van der Waals surface area contributed by atoms with Gasteiger partial charge in [0, 0.05) is 41.0 Å². The first kappa shape index (κ1) is 26.9. The third kappa shape index (κ3) is 5.55. The monoisotopic (exact) mass is 523 g/mol. The van der Waals surface area contributed by atoms with Crippen molar-refractivity contribution in [2.45, 2.75) is 51.2 Å². The molecule has 2 N–H and O–H groups in total. The van der Waals surface area contributed by atoms with E-state index in [1.807, 2.05) is 48.3 Å². The number of amides is 1. The van der Waals surface area contributed by atoms with Crippen molar-refractivity contribution in [3.63, 3.8) is 0 Å². The number of benzene rings is 2. The highest BCUT2D eigenvalue weighted by atomic mass is 35.5. The van der Waals surface area contributed by atoms with E-state index in [1.165, 1.54) is 16.9 Å². The van der Waals surface area contributed by atoms with Gasteiger partial charge >= 0.3 is 0 Å². The van der Waals surface area contributed by atoms with Crippen molar-refractivity contribution in [2.24, 2.45) is 5.92 Å². The second-order valence-electron chi connectivity index (χ2n) is 9.63. The summed E-state index contributed by atoms with van der Waals surface area (Å²) in [5, 5.41) is 16.2. The average Bonchev–Trinajstić information content (AvgIpc) is 3.37. The topological polar surface area (TPSA) is 52.6 Å². The summed E-state index contributed by atoms with van der Waals surface area (Å²) in [6, 6.07) is 18.1. The second kappa shape index (κ2) is 11.9. The van der Waals surface area contributed by atoms with Gasteiger partial charge in [0.2, 0.25) is 0 Å². The first-order valence-electron chi connectivity index (χ1n) is 12.8. The smallest absolute Gasteiger partial charge is 0.263 e. The van der Waals surface area contributed by atoms with E-state index in [1.54, 1.807) is 0 Å². The number of thiophene rings is 1. The van der Waals surface area contributed by atoms with Gasteiger partial charge < -0.3 is 15.3 Å². The third-order valence-electron chi connectivity index (χ3n) is 7.27. The lowest BCUT2D eigenvalue weighted by atomic mass is 9.72. The van der Waals surface area contributed by atoms with Crippen LogP contribution < -0.4 is 5.32 Å². The molecule has 1 amide bonds. The summed E-state index contributed by atoms with van der Waals surface area (Å²) in [4.78, 5) is 17.2. The molecule has 2 unspecified atom stereocenters. The van der Waals surface area contributed by atoms with Gasteiger partial charge in [-0.1, -0.05) is 68.3 Å². The molecule has 2 heterocycles. The van der Waals surface area contributed by atoms with Crippen molar-refractivity contribution in [3.8, 4) is 11.1 Å². The van der Waals surface area contributed by atoms with Gasteiger partial charge in [0.05, 0.1) is 10.5 Å². The Morgan fingerprint density at radius 3 is 2.81 bits per heavy atom. The Morgan fingerprint density at radius 2 is 2.06 bits per heavy atom. The number of nitrogens with one attached hydrogen (secondary N) is 1. The summed E-state index contributed by atoms with van der Waals surface area (Å²) in [5.74, 6) is -0.0637. The number of halogens is 1. The number of rotatable bonds is 9. The minimum Gasteiger partial charge on any atom is -0.385 e. The second-order valence-corrected chi connectivity index (χ2v) is 11.2. The highest BCUT2D eigenvalue weighted by Crippen LogP contribution is 2.45. The van der Waals surface area contributed by atoms with Gasteiger partial charge in [-0.2, -0.15) is 0 Å². The van der Waals surface area contributed by atoms with E-state index < -0.39 is 5.60 Å². The van der Waals surface area contributed by atoms with Gasteiger partial charge in [-0.25, -0.2) is 0 Å². The molecule has 2 atom stereocenters. The zero-order chi connectivity index (χ0) is 25.7. The quantitative estimate of drug-likeness (QED) is 0.328. The van der Waals surface area contributed by atoms with Crippen molar-refractivity contribution >= 4 is 28.8 Å². The van der Waals surface area contributed by atoms with E-state index in [2.05, 4.69) is 37.4 Å². The van der Waals surface area contributed by atoms with Crippen molar-refractivity contribution in [1.29, 1.82) is 0 Å². The molecule has 4 rings (SSSR count). The number of hydrogen-bond donors (Lipinski definition) is 2. The Labute approximate surface area is 224 Å². The Bertz CT molecular complexity index is 1190. The largest absolute Gasteiger partial charge is 0.385 e. The predicted octanol–water partition coefficient (Wildman–Crippen LogP) is 6.70. The van der Waals surface area contributed by atoms with Crippen LogP contribution in [-0.2, 0) is 18.6 Å². The number of nitrogens with zero attached hydrogens (tertiary/aromatic N) is 1. The maximum Gasteiger partial charge on any atom is 0.263 e. The molecule has 0 saturated carbocycles. The Morgan fingerprint density at radius 1 is 1.25 bits per heavy atom. The standard InChI is InChI=1S/C30H36ClN2O2S/c1-4-16-30(35,25-12-7-13-26(31)28(25)22-10-6-9-21(5-2)18-22)23-11-8-17-33(20-23)29(34)27-15-14-24(36-27)19-32-3/h6-7,9-10,12-15,18,23,32,35H,1,4-5,8,11,16-17,19-20H2,2-3H3. The van der Waals surface area contributed by atoms with E-state index in [9.17, 15) is 9.90 Å². The zero-order valence-electron chi connectivity index (χ0n) is 21.2. The summed E-state index contributed by atoms with van der Waals surface area (Å²) in [7, 11) is 1.91. The van der Waals surface area contributed by atoms with E-state index in [0.717, 1.165) is 52.3 Å². The predicted molar refractivity (Wildman–Crippen MR) is 150 cm³/mol. The molecule has 6 heteroatoms. The van der Waals surface area contributed by atoms with Gasteiger partial charge in [0.15, 0.2) is 0 Å². The van der Waals surface area contributed by atoms with E-state index >= 15 is 0 Å². The SMILES string of the molecule is [CH2]CCC(O)(c1cccc(Cl)c1-c1cccc(CC)c1)C1CCCN(C(=O)c2ccc(CNC)s2)C1. The fraction of sp³-hybridized carbons (Fsp3) is 0.400. The lowest BCUT2D eigenvalue weighted by Crippen LogP contribution is -2.48. The number of likely N-dealkylation sites (tertiary alicyclic amines) is 1. The van der Waals surface area contributed by atoms with Crippen LogP contribution in [0.25, 0.3) is 11.1 Å². The van der Waals surface area contributed by atoms with E-state index in [-0.39, 0.29) is 11.8 Å². The lowest BCUT2D eigenvalue weighted by Gasteiger charge is -2.43. The molecule has 191 valence electrons. The van der Waals surface area contributed by atoms with Crippen molar-refractivity contribution in [1.82, 2.24) is 10.2 Å². The van der Waals surface area contributed by atoms with Crippen LogP contribution in [0.1, 0.15) is 58.3 Å². The molecule has 1 fully saturated rings. The minimum atomic E-state index is -1.14. The molecular weight excluding hydrogens is 488 g/mol. The molecule has 0 bridgehead atoms. The minimum absolute atomic E-state index is 0.0472. The molecule has 1 radical (unpaired) electrons. The number of hydrogen-bond acceptors (Lipinski definition) is 4. The number of carbonyl (C=O) groups excluding carboxylic acids is 1. The van der Waals surface area contributed by atoms with Crippen LogP contribution in [0, 0.1) is 12.8 Å². The van der Waals surface area contributed by atoms with Crippen molar-refractivity contribution < 1.29 is 9.90 Å². The van der Waals surface area contributed by atoms with Crippen molar-refractivity contribution in [2.75, 3.05) is 20.1 Å². The number of piperidine rings is 1. The number of carbonyl (C=O) groups is 1. The summed E-state index contributed by atoms with van der Waals surface area (Å²) in [6.45, 7) is 8.19. The Kier molecular flexibility index (Phi) is 8.89. The maximum atomic E-state index is 13.4. The molecule has 1 aliphatic rings. The highest BCUT2D eigenvalue weighted by molar-refractivity contribution is 7.14. The molecule has 1 saturated heterocycles. The molecule has 1 aromatic heterocycles. The van der Waals surface area contributed by atoms with Crippen LogP contribution in [0.2, 0.25) is 5.02 Å². The fourth-order valence-electron chi connectivity index (χ4n) is 5.42. The van der Waals surface area contributed by atoms with Crippen LogP contribution >= 0.6 is 22.9 Å². The fourth-order valence-corrected chi connectivity index (χ4v) is 6.69. The third-order valence-corrected chi connectivity index (χ3v) is 8.66. The summed E-state index contributed by atoms with van der Waals surface area (Å²) >= 11 is 8.33. The van der Waals surface area contributed by atoms with Gasteiger partial charge in [-0.3, -0.25) is 4.79 Å². The molecule has 3 aromatic rings. The summed E-state index contributed by atoms with van der Waals surface area (Å²) < 4.78 is 0. The van der Waals surface area contributed by atoms with E-state index in [0.29, 0.717) is 31.0 Å². The molecule has 0 aliphatic carbocycles. The Balaban J connectivity index is 1.69. The van der Waals surface area contributed by atoms with Gasteiger partial charge in [-0.05, 0) is 67.6 Å². The van der Waals surface area contributed by atoms with Gasteiger partial charge in [0.25, 0.3) is 5.91 Å². The summed E-state index contributed by atoms with van der Waals surface area (Å²) in [6.07, 6.45) is 3.71. The molecule has 0 spiro atoms. The molecule has 1 aliphatic heterocycles. The van der Waals surface area contributed by atoms with Gasteiger partial charge in [0.1, 0.15) is 0 Å². The van der Waals surface area contributed by atoms with Crippen molar-refractivity contribution in [3.05, 3.63) is 87.4 Å². The summed E-state index contributed by atoms with van der Waals surface area (Å²) in [5.41, 5.74) is 2.80. The van der Waals surface area contributed by atoms with Crippen LogP contribution in [0.3, 0.4) is 0 Å². The highest BCUT2D eigenvalue weighted by Gasteiger charge is 2.42. The van der Waals surface area contributed by atoms with Crippen LogP contribution in [0.5, 0.6) is 0 Å².